The van der Waals surface area contributed by atoms with E-state index in [0.717, 1.165) is 42.7 Å². The third-order valence-corrected chi connectivity index (χ3v) is 4.82. The van der Waals surface area contributed by atoms with E-state index in [-0.39, 0.29) is 26.3 Å². The number of rotatable bonds is 2. The molecule has 0 spiro atoms. The fraction of sp³-hybridized carbons (Fsp3) is 0.462. The molecule has 2 N–H and O–H groups in total. The maximum absolute atomic E-state index is 12.5. The Hall–Kier alpha value is -1.23. The third-order valence-electron chi connectivity index (χ3n) is 3.68. The van der Waals surface area contributed by atoms with Gasteiger partial charge >= 0.3 is 117 Å². The van der Waals surface area contributed by atoms with Crippen molar-refractivity contribution >= 4 is 37.6 Å². The predicted octanol–water partition coefficient (Wildman–Crippen LogP) is 1.01. The zero-order chi connectivity index (χ0) is 13.3. The molecule has 1 fully saturated rings. The van der Waals surface area contributed by atoms with Crippen LogP contribution in [0.4, 0.5) is 5.69 Å². The molecule has 100 valence electrons. The van der Waals surface area contributed by atoms with Crippen molar-refractivity contribution < 1.29 is 4.79 Å². The average Bonchev–Trinajstić information content (AvgIpc) is 2.89. The number of amides is 1. The van der Waals surface area contributed by atoms with Gasteiger partial charge in [-0.2, -0.15) is 0 Å². The van der Waals surface area contributed by atoms with Crippen molar-refractivity contribution in [2.45, 2.75) is 19.8 Å². The molecule has 1 amide bonds. The molecular formula is C13H16N4OSe. The van der Waals surface area contributed by atoms with Crippen LogP contribution in [0.1, 0.15) is 19.8 Å². The van der Waals surface area contributed by atoms with Gasteiger partial charge in [0, 0.05) is 0 Å². The number of nitrogens with one attached hydrogen (secondary N) is 2. The topological polar surface area (TPSA) is 66.9 Å². The van der Waals surface area contributed by atoms with E-state index in [2.05, 4.69) is 18.6 Å². The Balaban J connectivity index is 1.84. The maximum atomic E-state index is 12.5. The molecule has 2 heterocycles. The molecule has 2 aromatic rings. The molecule has 3 rings (SSSR count). The van der Waals surface area contributed by atoms with Crippen LogP contribution in [-0.4, -0.2) is 41.9 Å². The molecule has 0 aliphatic carbocycles. The molecular weight excluding hydrogens is 307 g/mol. The Kier molecular flexibility index (Phi) is 3.39. The fourth-order valence-corrected chi connectivity index (χ4v) is 3.58. The normalized spacial score (nSPS) is 23.4. The van der Waals surface area contributed by atoms with Crippen LogP contribution in [0, 0.1) is 5.41 Å². The quantitative estimate of drug-likeness (QED) is 0.810. The second-order valence-electron chi connectivity index (χ2n) is 5.23. The summed E-state index contributed by atoms with van der Waals surface area (Å²) < 4.78 is 8.71. The second kappa shape index (κ2) is 5.04. The van der Waals surface area contributed by atoms with Gasteiger partial charge in [0.2, 0.25) is 0 Å². The van der Waals surface area contributed by atoms with E-state index in [4.69, 9.17) is 0 Å². The average molecular weight is 323 g/mol. The molecule has 6 heteroatoms. The summed E-state index contributed by atoms with van der Waals surface area (Å²) in [7, 11) is 0. The van der Waals surface area contributed by atoms with Gasteiger partial charge in [-0.15, -0.1) is 0 Å². The van der Waals surface area contributed by atoms with Gasteiger partial charge in [0.05, 0.1) is 0 Å². The first-order valence-electron chi connectivity index (χ1n) is 6.42. The molecule has 1 aromatic heterocycles. The molecule has 1 unspecified atom stereocenters. The second-order valence-corrected chi connectivity index (χ2v) is 6.34. The zero-order valence-corrected chi connectivity index (χ0v) is 12.5. The Morgan fingerprint density at radius 1 is 1.47 bits per heavy atom. The van der Waals surface area contributed by atoms with Crippen molar-refractivity contribution in [3.8, 4) is 0 Å². The Morgan fingerprint density at radius 2 is 2.37 bits per heavy atom. The summed E-state index contributed by atoms with van der Waals surface area (Å²) in [4.78, 5) is 12.5. The van der Waals surface area contributed by atoms with Gasteiger partial charge in [0.15, 0.2) is 0 Å². The summed E-state index contributed by atoms with van der Waals surface area (Å²) in [6.07, 6.45) is 1.96. The SMILES string of the molecule is CC1(C(=O)Nc2cccc3n[se]nc23)CCCNC1. The van der Waals surface area contributed by atoms with Crippen molar-refractivity contribution in [3.05, 3.63) is 18.2 Å². The van der Waals surface area contributed by atoms with E-state index in [1.807, 2.05) is 25.1 Å². The first-order chi connectivity index (χ1) is 9.19. The molecule has 1 aliphatic rings. The van der Waals surface area contributed by atoms with Crippen molar-refractivity contribution in [2.75, 3.05) is 18.4 Å². The first kappa shape index (κ1) is 12.8. The number of benzene rings is 1. The summed E-state index contributed by atoms with van der Waals surface area (Å²) in [6, 6.07) is 5.75. The van der Waals surface area contributed by atoms with Gasteiger partial charge in [-0.25, -0.2) is 0 Å². The predicted molar refractivity (Wildman–Crippen MR) is 75.3 cm³/mol. The number of anilines is 1. The number of nitrogens with zero attached hydrogens (tertiary/aromatic N) is 2. The number of carbonyl (C=O) groups is 1. The Bertz CT molecular complexity index is 603. The number of fused-ring (bicyclic) bond motifs is 1. The van der Waals surface area contributed by atoms with E-state index < -0.39 is 0 Å². The van der Waals surface area contributed by atoms with Gasteiger partial charge in [-0.3, -0.25) is 0 Å². The minimum atomic E-state index is -0.331. The molecule has 1 aromatic carbocycles. The molecule has 0 bridgehead atoms. The molecule has 1 aliphatic heterocycles. The van der Waals surface area contributed by atoms with Crippen LogP contribution in [0.25, 0.3) is 11.0 Å². The minimum absolute atomic E-state index is 0.0700. The summed E-state index contributed by atoms with van der Waals surface area (Å²) in [5, 5.41) is 6.32. The summed E-state index contributed by atoms with van der Waals surface area (Å²) in [5.74, 6) is 0.0719. The summed E-state index contributed by atoms with van der Waals surface area (Å²) in [5.41, 5.74) is 2.19. The molecule has 1 saturated heterocycles. The van der Waals surface area contributed by atoms with E-state index in [9.17, 15) is 4.79 Å². The Morgan fingerprint density at radius 3 is 3.16 bits per heavy atom. The van der Waals surface area contributed by atoms with Crippen LogP contribution >= 0.6 is 0 Å². The van der Waals surface area contributed by atoms with E-state index in [1.54, 1.807) is 0 Å². The number of hydrogen-bond acceptors (Lipinski definition) is 4. The number of hydrogen-bond donors (Lipinski definition) is 2. The standard InChI is InChI=1S/C13H16N4OSe/c1-13(6-3-7-14-8-13)12(18)15-9-4-2-5-10-11(9)17-19-16-10/h2,4-5,14H,3,6-8H2,1H3,(H,15,18). The summed E-state index contributed by atoms with van der Waals surface area (Å²) >= 11 is -0.0700. The van der Waals surface area contributed by atoms with Crippen molar-refractivity contribution in [1.29, 1.82) is 0 Å². The van der Waals surface area contributed by atoms with Gasteiger partial charge in [0.25, 0.3) is 0 Å². The van der Waals surface area contributed by atoms with Crippen molar-refractivity contribution in [3.63, 3.8) is 0 Å². The van der Waals surface area contributed by atoms with E-state index >= 15 is 0 Å². The number of aromatic nitrogens is 2. The van der Waals surface area contributed by atoms with Crippen LogP contribution < -0.4 is 10.6 Å². The van der Waals surface area contributed by atoms with Gasteiger partial charge < -0.3 is 0 Å². The van der Waals surface area contributed by atoms with Crippen molar-refractivity contribution in [2.24, 2.45) is 5.41 Å². The molecule has 5 nitrogen and oxygen atoms in total. The fourth-order valence-electron chi connectivity index (χ4n) is 2.43. The number of piperidine rings is 1. The summed E-state index contributed by atoms with van der Waals surface area (Å²) in [6.45, 7) is 3.75. The zero-order valence-electron chi connectivity index (χ0n) is 10.8. The molecule has 0 saturated carbocycles. The van der Waals surface area contributed by atoms with E-state index in [1.165, 1.54) is 0 Å². The van der Waals surface area contributed by atoms with Crippen LogP contribution in [0.5, 0.6) is 0 Å². The number of carbonyl (C=O) groups excluding carboxylic acids is 1. The molecule has 0 radical (unpaired) electrons. The van der Waals surface area contributed by atoms with Crippen LogP contribution in [-0.2, 0) is 4.79 Å². The van der Waals surface area contributed by atoms with Gasteiger partial charge in [-0.05, 0) is 0 Å². The van der Waals surface area contributed by atoms with Crippen molar-refractivity contribution in [1.82, 2.24) is 13.3 Å². The molecule has 1 atom stereocenters. The monoisotopic (exact) mass is 324 g/mol. The van der Waals surface area contributed by atoms with Gasteiger partial charge in [-0.1, -0.05) is 0 Å². The van der Waals surface area contributed by atoms with Gasteiger partial charge in [0.1, 0.15) is 0 Å². The molecule has 19 heavy (non-hydrogen) atoms. The van der Waals surface area contributed by atoms with Crippen LogP contribution in [0.2, 0.25) is 0 Å². The van der Waals surface area contributed by atoms with Crippen LogP contribution in [0.15, 0.2) is 18.2 Å². The van der Waals surface area contributed by atoms with Crippen LogP contribution in [0.3, 0.4) is 0 Å². The third kappa shape index (κ3) is 2.43. The van der Waals surface area contributed by atoms with E-state index in [0.29, 0.717) is 0 Å². The Labute approximate surface area is 118 Å². The first-order valence-corrected chi connectivity index (χ1v) is 7.96.